The molecule has 0 saturated carbocycles. The molecule has 2 aromatic rings. The Labute approximate surface area is 172 Å². The molecule has 2 aliphatic heterocycles. The van der Waals surface area contributed by atoms with Crippen molar-refractivity contribution < 1.29 is 27.5 Å². The van der Waals surface area contributed by atoms with Crippen molar-refractivity contribution in [1.29, 1.82) is 0 Å². The van der Waals surface area contributed by atoms with Crippen LogP contribution in [0.4, 0.5) is 11.4 Å². The molecule has 2 aromatic carbocycles. The minimum Gasteiger partial charge on any atom is -0.486 e. The molecule has 1 N–H and O–H groups in total. The van der Waals surface area contributed by atoms with Crippen molar-refractivity contribution in [3.63, 3.8) is 0 Å². The van der Waals surface area contributed by atoms with Crippen LogP contribution >= 0.6 is 11.6 Å². The highest BCUT2D eigenvalue weighted by atomic mass is 35.5. The van der Waals surface area contributed by atoms with E-state index in [1.54, 1.807) is 25.1 Å². The smallest absolute Gasteiger partial charge is 0.257 e. The quantitative estimate of drug-likeness (QED) is 0.793. The number of rotatable bonds is 3. The molecule has 4 rings (SSSR count). The zero-order valence-corrected chi connectivity index (χ0v) is 16.9. The van der Waals surface area contributed by atoms with Gasteiger partial charge in [0.25, 0.3) is 5.91 Å². The topological polar surface area (TPSA) is 102 Å². The molecule has 1 atom stereocenters. The van der Waals surface area contributed by atoms with Gasteiger partial charge in [-0.1, -0.05) is 18.5 Å². The molecule has 2 aliphatic rings. The first-order valence-corrected chi connectivity index (χ1v) is 10.8. The number of anilines is 2. The van der Waals surface area contributed by atoms with Crippen molar-refractivity contribution in [3.05, 3.63) is 47.0 Å². The molecule has 1 saturated heterocycles. The van der Waals surface area contributed by atoms with Crippen LogP contribution in [0.5, 0.6) is 11.5 Å². The molecule has 1 fully saturated rings. The predicted molar refractivity (Wildman–Crippen MR) is 107 cm³/mol. The Hall–Kier alpha value is -2.78. The summed E-state index contributed by atoms with van der Waals surface area (Å²) in [6.45, 7) is 2.44. The molecule has 2 heterocycles. The van der Waals surface area contributed by atoms with Gasteiger partial charge in [0, 0.05) is 11.8 Å². The third-order valence-corrected chi connectivity index (χ3v) is 6.77. The summed E-state index contributed by atoms with van der Waals surface area (Å²) >= 11 is 6.22. The van der Waals surface area contributed by atoms with Crippen molar-refractivity contribution in [1.82, 2.24) is 0 Å². The monoisotopic (exact) mass is 436 g/mol. The zero-order valence-electron chi connectivity index (χ0n) is 15.3. The van der Waals surface area contributed by atoms with Gasteiger partial charge in [-0.05, 0) is 30.3 Å². The fraction of sp³-hybridized carbons (Fsp3) is 0.263. The van der Waals surface area contributed by atoms with Gasteiger partial charge in [0.05, 0.1) is 27.9 Å². The number of amides is 2. The van der Waals surface area contributed by atoms with Gasteiger partial charge in [-0.3, -0.25) is 9.59 Å². The van der Waals surface area contributed by atoms with Gasteiger partial charge < -0.3 is 14.8 Å². The van der Waals surface area contributed by atoms with Gasteiger partial charge in [-0.2, -0.15) is 0 Å². The standard InChI is InChI=1S/C19H17ClN2O6S/c1-11-10-29(25,26)22(19(11)24)13-3-4-14(15(20)9-13)18(23)21-12-2-5-16-17(8-12)28-7-6-27-16/h2-5,8-9,11H,6-7,10H2,1H3,(H,21,23)/t11-/m0/s1. The van der Waals surface area contributed by atoms with Gasteiger partial charge in [0.1, 0.15) is 13.2 Å². The van der Waals surface area contributed by atoms with Crippen LogP contribution in [0.25, 0.3) is 0 Å². The van der Waals surface area contributed by atoms with Crippen molar-refractivity contribution in [2.45, 2.75) is 6.92 Å². The van der Waals surface area contributed by atoms with Crippen molar-refractivity contribution >= 4 is 44.8 Å². The average Bonchev–Trinajstić information content (AvgIpc) is 2.88. The lowest BCUT2D eigenvalue weighted by atomic mass is 10.1. The van der Waals surface area contributed by atoms with E-state index >= 15 is 0 Å². The van der Waals surface area contributed by atoms with Crippen LogP contribution in [-0.4, -0.2) is 39.2 Å². The lowest BCUT2D eigenvalue weighted by Crippen LogP contribution is -2.30. The number of nitrogens with one attached hydrogen (secondary N) is 1. The van der Waals surface area contributed by atoms with Gasteiger partial charge >= 0.3 is 0 Å². The Kier molecular flexibility index (Phi) is 4.87. The normalized spacial score (nSPS) is 19.9. The number of carbonyl (C=O) groups is 2. The highest BCUT2D eigenvalue weighted by molar-refractivity contribution is 7.94. The number of benzene rings is 2. The molecule has 0 aliphatic carbocycles. The summed E-state index contributed by atoms with van der Waals surface area (Å²) < 4.78 is 36.1. The lowest BCUT2D eigenvalue weighted by Gasteiger charge is -2.19. The summed E-state index contributed by atoms with van der Waals surface area (Å²) in [6, 6.07) is 9.08. The summed E-state index contributed by atoms with van der Waals surface area (Å²) in [6.07, 6.45) is 0. The molecule has 0 spiro atoms. The van der Waals surface area contributed by atoms with Crippen molar-refractivity contribution in [2.75, 3.05) is 28.6 Å². The first-order chi connectivity index (χ1) is 13.8. The molecule has 0 aromatic heterocycles. The summed E-state index contributed by atoms with van der Waals surface area (Å²) in [7, 11) is -3.75. The Morgan fingerprint density at radius 2 is 1.86 bits per heavy atom. The zero-order chi connectivity index (χ0) is 20.8. The Morgan fingerprint density at radius 1 is 1.14 bits per heavy atom. The fourth-order valence-corrected chi connectivity index (χ4v) is 5.29. The van der Waals surface area contributed by atoms with E-state index < -0.39 is 27.8 Å². The molecule has 0 radical (unpaired) electrons. The second-order valence-electron chi connectivity index (χ2n) is 6.76. The van der Waals surface area contributed by atoms with E-state index in [2.05, 4.69) is 5.32 Å². The summed E-state index contributed by atoms with van der Waals surface area (Å²) in [5, 5.41) is 2.74. The van der Waals surface area contributed by atoms with E-state index in [0.29, 0.717) is 30.4 Å². The van der Waals surface area contributed by atoms with E-state index in [9.17, 15) is 18.0 Å². The van der Waals surface area contributed by atoms with Gasteiger partial charge in [-0.15, -0.1) is 0 Å². The minimum atomic E-state index is -3.75. The maximum Gasteiger partial charge on any atom is 0.257 e. The van der Waals surface area contributed by atoms with Crippen LogP contribution in [0.1, 0.15) is 17.3 Å². The number of carbonyl (C=O) groups excluding carboxylic acids is 2. The second-order valence-corrected chi connectivity index (χ2v) is 9.03. The van der Waals surface area contributed by atoms with Gasteiger partial charge in [-0.25, -0.2) is 12.7 Å². The van der Waals surface area contributed by atoms with Crippen molar-refractivity contribution in [3.8, 4) is 11.5 Å². The molecule has 2 amide bonds. The number of hydrogen-bond donors (Lipinski definition) is 1. The molecule has 29 heavy (non-hydrogen) atoms. The van der Waals surface area contributed by atoms with Crippen LogP contribution in [-0.2, 0) is 14.8 Å². The first-order valence-electron chi connectivity index (χ1n) is 8.83. The van der Waals surface area contributed by atoms with Crippen LogP contribution < -0.4 is 19.1 Å². The fourth-order valence-electron chi connectivity index (χ4n) is 3.22. The molecule has 0 unspecified atom stereocenters. The summed E-state index contributed by atoms with van der Waals surface area (Å²) in [5.74, 6) is -0.756. The number of hydrogen-bond acceptors (Lipinski definition) is 6. The Bertz CT molecular complexity index is 1120. The van der Waals surface area contributed by atoms with Crippen molar-refractivity contribution in [2.24, 2.45) is 5.92 Å². The third kappa shape index (κ3) is 3.63. The number of nitrogens with zero attached hydrogens (tertiary/aromatic N) is 1. The van der Waals surface area contributed by atoms with E-state index in [-0.39, 0.29) is 22.0 Å². The number of ether oxygens (including phenoxy) is 2. The number of fused-ring (bicyclic) bond motifs is 1. The highest BCUT2D eigenvalue weighted by Crippen LogP contribution is 2.34. The number of sulfonamides is 1. The molecular formula is C19H17ClN2O6S. The summed E-state index contributed by atoms with van der Waals surface area (Å²) in [5.41, 5.74) is 0.744. The number of halogens is 1. The molecule has 152 valence electrons. The minimum absolute atomic E-state index is 0.0279. The summed E-state index contributed by atoms with van der Waals surface area (Å²) in [4.78, 5) is 24.8. The Balaban J connectivity index is 1.57. The lowest BCUT2D eigenvalue weighted by molar-refractivity contribution is -0.119. The first kappa shape index (κ1) is 19.5. The SMILES string of the molecule is C[C@H]1CS(=O)(=O)N(c2ccc(C(=O)Nc3ccc4c(c3)OCCO4)c(Cl)c2)C1=O. The molecule has 8 nitrogen and oxygen atoms in total. The van der Waals surface area contributed by atoms with Crippen LogP contribution in [0.15, 0.2) is 36.4 Å². The van der Waals surface area contributed by atoms with Crippen LogP contribution in [0, 0.1) is 5.92 Å². The third-order valence-electron chi connectivity index (χ3n) is 4.59. The van der Waals surface area contributed by atoms with Gasteiger partial charge in [0.15, 0.2) is 11.5 Å². The van der Waals surface area contributed by atoms with Crippen LogP contribution in [0.2, 0.25) is 5.02 Å². The maximum absolute atomic E-state index is 12.6. The molecule has 10 heteroatoms. The largest absolute Gasteiger partial charge is 0.486 e. The Morgan fingerprint density at radius 3 is 2.52 bits per heavy atom. The van der Waals surface area contributed by atoms with Crippen LogP contribution in [0.3, 0.4) is 0 Å². The maximum atomic E-state index is 12.6. The predicted octanol–water partition coefficient (Wildman–Crippen LogP) is 2.68. The average molecular weight is 437 g/mol. The molecule has 0 bridgehead atoms. The van der Waals surface area contributed by atoms with Gasteiger partial charge in [0.2, 0.25) is 15.9 Å². The van der Waals surface area contributed by atoms with E-state index in [0.717, 1.165) is 4.31 Å². The van der Waals surface area contributed by atoms with E-state index in [1.165, 1.54) is 18.2 Å². The van der Waals surface area contributed by atoms with E-state index in [4.69, 9.17) is 21.1 Å². The second kappa shape index (κ2) is 7.23. The van der Waals surface area contributed by atoms with E-state index in [1.807, 2.05) is 0 Å². The molecular weight excluding hydrogens is 420 g/mol. The highest BCUT2D eigenvalue weighted by Gasteiger charge is 2.42.